The molecule has 0 aromatic carbocycles. The molecule has 0 aliphatic heterocycles. The first kappa shape index (κ1) is 124. The minimum absolute atomic E-state index is 0. The van der Waals surface area contributed by atoms with E-state index < -0.39 is 0 Å². The van der Waals surface area contributed by atoms with Gasteiger partial charge in [0, 0.05) is 32.2 Å². The van der Waals surface area contributed by atoms with E-state index in [1.165, 1.54) is 6.08 Å². The third-order valence-corrected chi connectivity index (χ3v) is 8.34. The smallest absolute Gasteiger partial charge is 0.243 e. The molecule has 0 unspecified atom stereocenters. The molecule has 0 atom stereocenters. The molecule has 0 aliphatic carbocycles. The first-order chi connectivity index (χ1) is 46.1. The number of rotatable bonds is 28. The fraction of sp³-hybridized carbons (Fsp3) is 0.398. The molecule has 0 saturated carbocycles. The van der Waals surface area contributed by atoms with Gasteiger partial charge in [0.2, 0.25) is 5.91 Å². The number of carbonyl (C=O) groups excluding carboxylic acids is 8. The molecule has 0 spiro atoms. The second kappa shape index (κ2) is 151. The molecule has 97 heavy (non-hydrogen) atoms. The summed E-state index contributed by atoms with van der Waals surface area (Å²) >= 11 is 0. The molecule has 530 valence electrons. The van der Waals surface area contributed by atoms with Gasteiger partial charge in [0.25, 0.3) is 0 Å². The fourth-order valence-electron chi connectivity index (χ4n) is 4.11. The third kappa shape index (κ3) is 276. The molecule has 0 heterocycles. The third-order valence-electron chi connectivity index (χ3n) is 8.34. The zero-order valence-electron chi connectivity index (χ0n) is 62.0. The maximum atomic E-state index is 11.3. The van der Waals surface area contributed by atoms with Crippen LogP contribution in [0.3, 0.4) is 0 Å². The molecule has 0 radical (unpaired) electrons. The molecular formula is C88H124NO8-. The SMILES string of the molecule is C.C#C.C#CC.C#CC#CC.C#CC#CC#C.C#CC#CC#CC.C/C=C/C=C\CC/C=C/C(=O)NCC(C)C.C/C=C/C=C\CC/C=C/C(C)=O.C/C=C/C=C\CCC(C)=O.C/C=C/C=C\CCC=O.C/C=C/C=O.C=O.CC#CC.CCCCC(C)=O.[CH2-]CCCCC(C)=O. The molecule has 0 fully saturated rings. The van der Waals surface area contributed by atoms with E-state index in [-0.39, 0.29) is 24.9 Å². The van der Waals surface area contributed by atoms with Crippen LogP contribution in [0, 0.1) is 147 Å². The van der Waals surface area contributed by atoms with Crippen molar-refractivity contribution < 1.29 is 38.4 Å². The summed E-state index contributed by atoms with van der Waals surface area (Å²) in [6.45, 7) is 37.5. The summed E-state index contributed by atoms with van der Waals surface area (Å²) in [6.07, 6.45) is 88.8. The van der Waals surface area contributed by atoms with Gasteiger partial charge in [0.05, 0.1) is 0 Å². The van der Waals surface area contributed by atoms with Gasteiger partial charge in [0.15, 0.2) is 5.78 Å². The Labute approximate surface area is 597 Å². The number of aldehydes is 2. The van der Waals surface area contributed by atoms with Crippen molar-refractivity contribution in [3.05, 3.63) is 141 Å². The summed E-state index contributed by atoms with van der Waals surface area (Å²) in [5.41, 5.74) is 0. The number of ketones is 4. The molecule has 0 aromatic rings. The molecule has 1 amide bonds. The first-order valence-corrected chi connectivity index (χ1v) is 31.1. The Morgan fingerprint density at radius 2 is 0.794 bits per heavy atom. The average molecular weight is 1320 g/mol. The molecule has 9 heteroatoms. The van der Waals surface area contributed by atoms with Gasteiger partial charge < -0.3 is 36.2 Å². The van der Waals surface area contributed by atoms with E-state index in [0.717, 1.165) is 103 Å². The van der Waals surface area contributed by atoms with Crippen LogP contribution < -0.4 is 5.32 Å². The second-order valence-corrected chi connectivity index (χ2v) is 17.6. The summed E-state index contributed by atoms with van der Waals surface area (Å²) in [5.74, 6) is 36.8. The quantitative estimate of drug-likeness (QED) is 0.0203. The van der Waals surface area contributed by atoms with Crippen LogP contribution in [0.15, 0.2) is 134 Å². The Morgan fingerprint density at radius 1 is 0.454 bits per heavy atom. The number of carbonyl (C=O) groups is 8. The molecule has 0 saturated heterocycles. The second-order valence-electron chi connectivity index (χ2n) is 17.6. The van der Waals surface area contributed by atoms with Crippen molar-refractivity contribution in [2.45, 2.75) is 221 Å². The maximum absolute atomic E-state index is 11.3. The molecule has 0 bridgehead atoms. The van der Waals surface area contributed by atoms with Crippen LogP contribution in [0.2, 0.25) is 0 Å². The van der Waals surface area contributed by atoms with E-state index in [9.17, 15) is 33.6 Å². The maximum Gasteiger partial charge on any atom is 0.243 e. The Hall–Kier alpha value is -10.5. The zero-order chi connectivity index (χ0) is 77.1. The Kier molecular flexibility index (Phi) is 193. The highest BCUT2D eigenvalue weighted by Gasteiger charge is 1.96. The van der Waals surface area contributed by atoms with Crippen molar-refractivity contribution >= 4 is 48.4 Å². The van der Waals surface area contributed by atoms with Crippen LogP contribution in [-0.2, 0) is 38.4 Å². The van der Waals surface area contributed by atoms with Crippen molar-refractivity contribution in [3.63, 3.8) is 0 Å². The van der Waals surface area contributed by atoms with Crippen LogP contribution >= 0.6 is 0 Å². The minimum atomic E-state index is 0. The van der Waals surface area contributed by atoms with Gasteiger partial charge in [-0.15, -0.1) is 62.7 Å². The van der Waals surface area contributed by atoms with E-state index in [1.54, 1.807) is 73.6 Å². The molecule has 0 rings (SSSR count). The van der Waals surface area contributed by atoms with Crippen molar-refractivity contribution in [1.29, 1.82) is 0 Å². The van der Waals surface area contributed by atoms with Crippen LogP contribution in [0.5, 0.6) is 0 Å². The highest BCUT2D eigenvalue weighted by Crippen LogP contribution is 1.98. The molecule has 0 aliphatic rings. The van der Waals surface area contributed by atoms with Gasteiger partial charge in [-0.3, -0.25) is 14.4 Å². The van der Waals surface area contributed by atoms with E-state index in [1.807, 2.05) is 146 Å². The highest BCUT2D eigenvalue weighted by atomic mass is 16.2. The summed E-state index contributed by atoms with van der Waals surface area (Å²) in [7, 11) is 0. The summed E-state index contributed by atoms with van der Waals surface area (Å²) in [6, 6.07) is 0. The number of terminal acetylenes is 6. The van der Waals surface area contributed by atoms with Gasteiger partial charge in [-0.25, -0.2) is 0 Å². The Bertz CT molecular complexity index is 2710. The van der Waals surface area contributed by atoms with Crippen molar-refractivity contribution in [2.24, 2.45) is 5.92 Å². The first-order valence-electron chi connectivity index (χ1n) is 31.1. The van der Waals surface area contributed by atoms with Crippen molar-refractivity contribution in [1.82, 2.24) is 5.32 Å². The largest absolute Gasteiger partial charge is 0.352 e. The summed E-state index contributed by atoms with van der Waals surface area (Å²) in [4.78, 5) is 79.7. The molecular weight excluding hydrogens is 1200 g/mol. The van der Waals surface area contributed by atoms with Gasteiger partial charge in [0.1, 0.15) is 36.7 Å². The van der Waals surface area contributed by atoms with Crippen molar-refractivity contribution in [2.75, 3.05) is 6.54 Å². The van der Waals surface area contributed by atoms with Crippen LogP contribution in [0.1, 0.15) is 221 Å². The molecule has 9 nitrogen and oxygen atoms in total. The minimum Gasteiger partial charge on any atom is -0.352 e. The van der Waals surface area contributed by atoms with E-state index in [0.29, 0.717) is 30.3 Å². The van der Waals surface area contributed by atoms with Crippen LogP contribution in [0.25, 0.3) is 0 Å². The zero-order valence-corrected chi connectivity index (χ0v) is 62.0. The lowest BCUT2D eigenvalue weighted by Crippen LogP contribution is -2.25. The van der Waals surface area contributed by atoms with E-state index >= 15 is 0 Å². The number of hydrogen-bond donors (Lipinski definition) is 1. The van der Waals surface area contributed by atoms with Gasteiger partial charge in [-0.1, -0.05) is 168 Å². The lowest BCUT2D eigenvalue weighted by molar-refractivity contribution is -0.117. The number of hydrogen-bond acceptors (Lipinski definition) is 8. The predicted molar refractivity (Wildman–Crippen MR) is 427 cm³/mol. The number of allylic oxidation sites excluding steroid dienone is 21. The van der Waals surface area contributed by atoms with Gasteiger partial charge >= 0.3 is 0 Å². The predicted octanol–water partition coefficient (Wildman–Crippen LogP) is 19.3. The van der Waals surface area contributed by atoms with Gasteiger partial charge in [-0.05, 0) is 232 Å². The summed E-state index contributed by atoms with van der Waals surface area (Å²) in [5, 5.41) is 2.84. The number of Topliss-reactive ketones (excluding diaryl/α,β-unsaturated/α-hetero) is 3. The normalized spacial score (nSPS) is 8.49. The van der Waals surface area contributed by atoms with Crippen LogP contribution in [-0.4, -0.2) is 54.9 Å². The fourth-order valence-corrected chi connectivity index (χ4v) is 4.11. The van der Waals surface area contributed by atoms with Crippen LogP contribution in [0.4, 0.5) is 0 Å². The lowest BCUT2D eigenvalue weighted by Gasteiger charge is -2.03. The lowest BCUT2D eigenvalue weighted by atomic mass is 10.2. The summed E-state index contributed by atoms with van der Waals surface area (Å²) < 4.78 is 0. The number of nitrogens with one attached hydrogen (secondary N) is 1. The molecule has 0 aromatic heterocycles. The molecule has 1 N–H and O–H groups in total. The van der Waals surface area contributed by atoms with E-state index in [2.05, 4.69) is 153 Å². The average Bonchev–Trinajstić information content (AvgIpc) is 3.75. The van der Waals surface area contributed by atoms with Crippen molar-refractivity contribution in [3.8, 4) is 134 Å². The Balaban J connectivity index is -0.0000000591. The van der Waals surface area contributed by atoms with Gasteiger partial charge in [-0.2, -0.15) is 6.42 Å². The monoisotopic (exact) mass is 1320 g/mol. The topological polar surface area (TPSA) is 149 Å². The number of amides is 1. The number of unbranched alkanes of at least 4 members (excludes halogenated alkanes) is 6. The highest BCUT2D eigenvalue weighted by molar-refractivity contribution is 5.87. The van der Waals surface area contributed by atoms with E-state index in [4.69, 9.17) is 30.5 Å². The standard InChI is InChI=1S/C14H23NO.C11H16O.C9H14O.C8H12O.C7H13O.C7H4.C6H12O.C6H2.C5H4.C4H6O.C4H6.C3H4.C2H2.CH2O.CH4/c1-4-5-6-7-8-9-10-11-14(16)15-12-13(2)3;1-3-4-5-6-7-8-9-10-11(2)12;1-3-4-5-6-7-8-9(2)10;1-2-3-4-5-6-7-8-9;1-3-4-5-6-7(2)8;1-3-5-7-6-4-2;1-3-4-5-6(2)7;1-3-5-6-4-2;1-3-5-4-2;1-2-3-4-5;1-3-4-2;1-3-2;2*1-2;/h4-7,10-11,13H,8-9,12H2,1-3H3,(H,15,16);3-6,9-10H,7-8H2,1-2H3;3-6H,7-8H2,1-2H3;2-5,8H,6-7H2,1H3;1,3-6H2,2H3;1H,2H3;3-5H2,1-2H3;1-2H;1H,2H3;2-4H,1H3;1-2H3;1H,2H3;1-2H;1H2;1H4/q;;;;-1;;;;;;;;;;/b5-4+,7-6-,11-10+;4-3+,6-5-,10-9+;4-3+,6-5-;3-2+,5-4-;;;;;;3-2+;;;;;. The Morgan fingerprint density at radius 3 is 1.05 bits per heavy atom.